The molecule has 26 heavy (non-hydrogen) atoms. The van der Waals surface area contributed by atoms with E-state index < -0.39 is 0 Å². The molecule has 2 aliphatic rings. The number of ether oxygens (including phenoxy) is 3. The highest BCUT2D eigenvalue weighted by atomic mass is 19.1. The second-order valence-corrected chi connectivity index (χ2v) is 6.35. The summed E-state index contributed by atoms with van der Waals surface area (Å²) in [7, 11) is 3.13. The van der Waals surface area contributed by atoms with Gasteiger partial charge in [0.2, 0.25) is 0 Å². The molecular formula is C18H24FN3O4. The van der Waals surface area contributed by atoms with E-state index in [1.54, 1.807) is 7.05 Å². The summed E-state index contributed by atoms with van der Waals surface area (Å²) in [6, 6.07) is 2.90. The number of esters is 1. The number of piperidine rings is 1. The summed E-state index contributed by atoms with van der Waals surface area (Å²) in [5, 5.41) is 3.26. The van der Waals surface area contributed by atoms with Crippen molar-refractivity contribution in [1.82, 2.24) is 10.2 Å². The normalized spacial score (nSPS) is 18.1. The van der Waals surface area contributed by atoms with Crippen LogP contribution in [0.4, 0.5) is 4.39 Å². The second-order valence-electron chi connectivity index (χ2n) is 6.35. The molecule has 0 atom stereocenters. The highest BCUT2D eigenvalue weighted by Gasteiger charge is 2.27. The van der Waals surface area contributed by atoms with Gasteiger partial charge in [-0.25, -0.2) is 4.39 Å². The molecule has 2 aliphatic heterocycles. The molecule has 142 valence electrons. The van der Waals surface area contributed by atoms with E-state index in [-0.39, 0.29) is 24.5 Å². The van der Waals surface area contributed by atoms with E-state index in [2.05, 4.69) is 15.2 Å². The Balaban J connectivity index is 1.62. The Morgan fingerprint density at radius 2 is 2.19 bits per heavy atom. The molecule has 0 radical (unpaired) electrons. The van der Waals surface area contributed by atoms with Gasteiger partial charge in [-0.15, -0.1) is 0 Å². The van der Waals surface area contributed by atoms with Gasteiger partial charge in [0, 0.05) is 37.8 Å². The zero-order valence-electron chi connectivity index (χ0n) is 15.1. The van der Waals surface area contributed by atoms with Crippen LogP contribution in [0.15, 0.2) is 17.1 Å². The summed E-state index contributed by atoms with van der Waals surface area (Å²) in [4.78, 5) is 18.0. The van der Waals surface area contributed by atoms with Crippen molar-refractivity contribution in [3.8, 4) is 5.75 Å². The van der Waals surface area contributed by atoms with E-state index in [0.717, 1.165) is 24.4 Å². The minimum absolute atomic E-state index is 0.0574. The fourth-order valence-electron chi connectivity index (χ4n) is 3.39. The number of likely N-dealkylation sites (tertiary alicyclic amines) is 1. The van der Waals surface area contributed by atoms with Crippen molar-refractivity contribution in [2.24, 2.45) is 10.9 Å². The zero-order chi connectivity index (χ0) is 18.5. The number of guanidine groups is 1. The van der Waals surface area contributed by atoms with Crippen LogP contribution in [-0.4, -0.2) is 50.9 Å². The number of methoxy groups -OCH3 is 1. The topological polar surface area (TPSA) is 72.4 Å². The van der Waals surface area contributed by atoms with E-state index in [9.17, 15) is 9.18 Å². The monoisotopic (exact) mass is 365 g/mol. The van der Waals surface area contributed by atoms with E-state index >= 15 is 0 Å². The molecule has 0 amide bonds. The van der Waals surface area contributed by atoms with Gasteiger partial charge in [0.25, 0.3) is 0 Å². The fraction of sp³-hybridized carbons (Fsp3) is 0.556. The number of halogens is 1. The number of fused-ring (bicyclic) bond motifs is 1. The van der Waals surface area contributed by atoms with E-state index in [1.807, 2.05) is 0 Å². The van der Waals surface area contributed by atoms with Crippen LogP contribution in [0.3, 0.4) is 0 Å². The van der Waals surface area contributed by atoms with Gasteiger partial charge in [0.1, 0.15) is 11.6 Å². The summed E-state index contributed by atoms with van der Waals surface area (Å²) in [5.41, 5.74) is 1.44. The van der Waals surface area contributed by atoms with Gasteiger partial charge in [0.15, 0.2) is 12.8 Å². The average molecular weight is 365 g/mol. The van der Waals surface area contributed by atoms with Crippen LogP contribution in [-0.2, 0) is 27.4 Å². The Morgan fingerprint density at radius 1 is 1.42 bits per heavy atom. The Morgan fingerprint density at radius 3 is 2.88 bits per heavy atom. The quantitative estimate of drug-likeness (QED) is 0.499. The van der Waals surface area contributed by atoms with Crippen molar-refractivity contribution in [2.75, 3.05) is 34.0 Å². The molecule has 8 heteroatoms. The lowest BCUT2D eigenvalue weighted by molar-refractivity contribution is -0.146. The first kappa shape index (κ1) is 18.4. The molecule has 7 nitrogen and oxygen atoms in total. The summed E-state index contributed by atoms with van der Waals surface area (Å²) in [6.07, 6.45) is 1.45. The molecule has 1 saturated heterocycles. The number of rotatable bonds is 3. The predicted molar refractivity (Wildman–Crippen MR) is 93.2 cm³/mol. The fourth-order valence-corrected chi connectivity index (χ4v) is 3.39. The minimum atomic E-state index is -0.316. The molecule has 2 heterocycles. The maximum absolute atomic E-state index is 13.8. The first-order valence-corrected chi connectivity index (χ1v) is 8.67. The van der Waals surface area contributed by atoms with Gasteiger partial charge in [0.05, 0.1) is 19.6 Å². The second kappa shape index (κ2) is 8.35. The maximum atomic E-state index is 13.8. The number of aliphatic imine (C=N–C) groups is 1. The van der Waals surface area contributed by atoms with Crippen LogP contribution in [0.25, 0.3) is 0 Å². The van der Waals surface area contributed by atoms with Crippen LogP contribution in [0.1, 0.15) is 24.0 Å². The Labute approximate surface area is 152 Å². The molecule has 3 rings (SSSR count). The molecular weight excluding hydrogens is 341 g/mol. The lowest BCUT2D eigenvalue weighted by Crippen LogP contribution is -2.46. The van der Waals surface area contributed by atoms with Crippen LogP contribution in [0.5, 0.6) is 5.75 Å². The van der Waals surface area contributed by atoms with Gasteiger partial charge in [-0.05, 0) is 25.0 Å². The van der Waals surface area contributed by atoms with Gasteiger partial charge < -0.3 is 24.4 Å². The van der Waals surface area contributed by atoms with Crippen LogP contribution >= 0.6 is 0 Å². The number of hydrogen-bond donors (Lipinski definition) is 1. The summed E-state index contributed by atoms with van der Waals surface area (Å²) in [6.45, 7) is 2.33. The maximum Gasteiger partial charge on any atom is 0.308 e. The summed E-state index contributed by atoms with van der Waals surface area (Å²) in [5.74, 6) is 0.864. The Kier molecular flexibility index (Phi) is 5.92. The lowest BCUT2D eigenvalue weighted by Gasteiger charge is -2.33. The van der Waals surface area contributed by atoms with Crippen molar-refractivity contribution < 1.29 is 23.4 Å². The van der Waals surface area contributed by atoms with Gasteiger partial charge in [-0.2, -0.15) is 0 Å². The van der Waals surface area contributed by atoms with E-state index in [4.69, 9.17) is 14.2 Å². The van der Waals surface area contributed by atoms with Crippen molar-refractivity contribution in [3.05, 3.63) is 29.1 Å². The third-order valence-electron chi connectivity index (χ3n) is 4.73. The molecule has 0 bridgehead atoms. The molecule has 0 unspecified atom stereocenters. The van der Waals surface area contributed by atoms with Crippen molar-refractivity contribution >= 4 is 11.9 Å². The zero-order valence-corrected chi connectivity index (χ0v) is 15.1. The number of benzene rings is 1. The van der Waals surface area contributed by atoms with Crippen LogP contribution < -0.4 is 10.1 Å². The van der Waals surface area contributed by atoms with Crippen molar-refractivity contribution in [2.45, 2.75) is 26.0 Å². The highest BCUT2D eigenvalue weighted by molar-refractivity contribution is 5.80. The Bertz CT molecular complexity index is 687. The molecule has 0 saturated carbocycles. The van der Waals surface area contributed by atoms with Crippen molar-refractivity contribution in [3.63, 3.8) is 0 Å². The molecule has 1 fully saturated rings. The third-order valence-corrected chi connectivity index (χ3v) is 4.73. The summed E-state index contributed by atoms with van der Waals surface area (Å²) >= 11 is 0. The number of carbonyl (C=O) groups is 1. The standard InChI is InChI=1S/C18H24FN3O4/c1-20-18(22-5-3-12(4-6-22)17(23)24-2)21-9-13-7-15(19)8-14-10-25-11-26-16(13)14/h7-8,12H,3-6,9-11H2,1-2H3,(H,20,21). The summed E-state index contributed by atoms with van der Waals surface area (Å²) < 4.78 is 29.4. The highest BCUT2D eigenvalue weighted by Crippen LogP contribution is 2.29. The smallest absolute Gasteiger partial charge is 0.308 e. The van der Waals surface area contributed by atoms with Gasteiger partial charge in [-0.3, -0.25) is 9.79 Å². The number of nitrogens with zero attached hydrogens (tertiary/aromatic N) is 2. The van der Waals surface area contributed by atoms with Crippen LogP contribution in [0.2, 0.25) is 0 Å². The average Bonchev–Trinajstić information content (AvgIpc) is 2.68. The largest absolute Gasteiger partial charge is 0.469 e. The van der Waals surface area contributed by atoms with Gasteiger partial charge >= 0.3 is 5.97 Å². The van der Waals surface area contributed by atoms with E-state index in [1.165, 1.54) is 19.2 Å². The third kappa shape index (κ3) is 4.07. The molecule has 1 aromatic rings. The number of carbonyl (C=O) groups excluding carboxylic acids is 1. The SMILES string of the molecule is CN=C(NCc1cc(F)cc2c1OCOC2)N1CCC(C(=O)OC)CC1. The number of nitrogens with one attached hydrogen (secondary N) is 1. The Hall–Kier alpha value is -2.35. The molecule has 1 aromatic carbocycles. The first-order chi connectivity index (χ1) is 12.6. The number of hydrogen-bond acceptors (Lipinski definition) is 5. The van der Waals surface area contributed by atoms with Crippen molar-refractivity contribution in [1.29, 1.82) is 0 Å². The molecule has 0 aliphatic carbocycles. The lowest BCUT2D eigenvalue weighted by atomic mass is 9.97. The molecule has 0 aromatic heterocycles. The molecule has 1 N–H and O–H groups in total. The van der Waals surface area contributed by atoms with E-state index in [0.29, 0.717) is 37.6 Å². The van der Waals surface area contributed by atoms with Crippen LogP contribution in [0, 0.1) is 11.7 Å². The molecule has 0 spiro atoms. The minimum Gasteiger partial charge on any atom is -0.469 e. The first-order valence-electron chi connectivity index (χ1n) is 8.67. The predicted octanol–water partition coefficient (Wildman–Crippen LogP) is 1.65. The van der Waals surface area contributed by atoms with Gasteiger partial charge in [-0.1, -0.05) is 0 Å².